The van der Waals surface area contributed by atoms with E-state index in [1.165, 1.54) is 7.11 Å². The van der Waals surface area contributed by atoms with Gasteiger partial charge in [-0.05, 0) is 19.1 Å². The van der Waals surface area contributed by atoms with Crippen molar-refractivity contribution in [2.45, 2.75) is 19.4 Å². The number of anilines is 1. The molecule has 7 heteroatoms. The van der Waals surface area contributed by atoms with Crippen LogP contribution in [0, 0.1) is 6.92 Å². The van der Waals surface area contributed by atoms with Crippen molar-refractivity contribution in [3.63, 3.8) is 0 Å². The molecule has 0 saturated carbocycles. The Morgan fingerprint density at radius 3 is 2.81 bits per heavy atom. The van der Waals surface area contributed by atoms with E-state index in [0.717, 1.165) is 5.56 Å². The van der Waals surface area contributed by atoms with Crippen LogP contribution in [0.2, 0.25) is 0 Å². The second-order valence-corrected chi connectivity index (χ2v) is 4.77. The number of aryl methyl sites for hydroxylation is 1. The summed E-state index contributed by atoms with van der Waals surface area (Å²) in [5, 5.41) is 8.09. The van der Waals surface area contributed by atoms with Gasteiger partial charge < -0.3 is 15.4 Å². The Balaban J connectivity index is 2.09. The average molecular weight is 291 g/mol. The number of carbonyl (C=O) groups excluding carboxylic acids is 3. The minimum Gasteiger partial charge on any atom is -0.465 e. The Morgan fingerprint density at radius 1 is 1.43 bits per heavy atom. The van der Waals surface area contributed by atoms with E-state index in [-0.39, 0.29) is 23.8 Å². The van der Waals surface area contributed by atoms with E-state index < -0.39 is 12.0 Å². The summed E-state index contributed by atoms with van der Waals surface area (Å²) >= 11 is 0. The van der Waals surface area contributed by atoms with Crippen molar-refractivity contribution in [3.8, 4) is 0 Å². The van der Waals surface area contributed by atoms with Gasteiger partial charge in [0.2, 0.25) is 11.8 Å². The van der Waals surface area contributed by atoms with Gasteiger partial charge in [0.1, 0.15) is 0 Å². The summed E-state index contributed by atoms with van der Waals surface area (Å²) in [4.78, 5) is 35.1. The third kappa shape index (κ3) is 3.57. The first-order valence-electron chi connectivity index (χ1n) is 6.51. The van der Waals surface area contributed by atoms with E-state index >= 15 is 0 Å². The number of hydrogen-bond acceptors (Lipinski definition) is 5. The van der Waals surface area contributed by atoms with Crippen LogP contribution in [0.15, 0.2) is 18.2 Å². The molecule has 1 aromatic carbocycles. The number of nitrogens with one attached hydrogen (secondary N) is 3. The van der Waals surface area contributed by atoms with E-state index in [9.17, 15) is 14.4 Å². The molecule has 1 heterocycles. The largest absolute Gasteiger partial charge is 0.465 e. The quantitative estimate of drug-likeness (QED) is 0.686. The summed E-state index contributed by atoms with van der Waals surface area (Å²) in [6.07, 6.45) is 0.000320. The molecule has 7 nitrogen and oxygen atoms in total. The van der Waals surface area contributed by atoms with Gasteiger partial charge in [-0.1, -0.05) is 11.6 Å². The van der Waals surface area contributed by atoms with Gasteiger partial charge in [-0.3, -0.25) is 14.9 Å². The number of methoxy groups -OCH3 is 1. The van der Waals surface area contributed by atoms with Gasteiger partial charge in [-0.25, -0.2) is 4.79 Å². The minimum atomic E-state index is -0.544. The number of esters is 1. The standard InChI is InChI=1S/C14H17N3O4/c1-8-3-4-10(9(5-8)14(20)21-2)17-12(18)6-11-13(19)16-7-15-11/h3-5,11,15H,6-7H2,1-2H3,(H,16,19)(H,17,18). The Hall–Kier alpha value is -2.41. The lowest BCUT2D eigenvalue weighted by atomic mass is 10.1. The van der Waals surface area contributed by atoms with Crippen molar-refractivity contribution in [1.82, 2.24) is 10.6 Å². The van der Waals surface area contributed by atoms with Gasteiger partial charge in [-0.2, -0.15) is 0 Å². The van der Waals surface area contributed by atoms with Crippen molar-refractivity contribution >= 4 is 23.5 Å². The average Bonchev–Trinajstić information content (AvgIpc) is 2.85. The Bertz CT molecular complexity index is 586. The first-order chi connectivity index (χ1) is 10.0. The van der Waals surface area contributed by atoms with E-state index in [1.807, 2.05) is 6.92 Å². The zero-order valence-corrected chi connectivity index (χ0v) is 11.9. The first kappa shape index (κ1) is 15.0. The van der Waals surface area contributed by atoms with Crippen LogP contribution in [0.1, 0.15) is 22.3 Å². The number of rotatable bonds is 4. The van der Waals surface area contributed by atoms with Crippen molar-refractivity contribution < 1.29 is 19.1 Å². The summed E-state index contributed by atoms with van der Waals surface area (Å²) in [6.45, 7) is 2.19. The number of hydrogen-bond donors (Lipinski definition) is 3. The van der Waals surface area contributed by atoms with E-state index in [2.05, 4.69) is 16.0 Å². The molecule has 1 unspecified atom stereocenters. The van der Waals surface area contributed by atoms with Crippen molar-refractivity contribution in [1.29, 1.82) is 0 Å². The number of benzene rings is 1. The highest BCUT2D eigenvalue weighted by molar-refractivity contribution is 6.02. The third-order valence-electron chi connectivity index (χ3n) is 3.17. The lowest BCUT2D eigenvalue weighted by molar-refractivity contribution is -0.124. The van der Waals surface area contributed by atoms with Crippen LogP contribution in [0.25, 0.3) is 0 Å². The molecular weight excluding hydrogens is 274 g/mol. The van der Waals surface area contributed by atoms with Crippen LogP contribution in [0.5, 0.6) is 0 Å². The van der Waals surface area contributed by atoms with E-state index in [1.54, 1.807) is 18.2 Å². The lowest BCUT2D eigenvalue weighted by Crippen LogP contribution is -2.33. The van der Waals surface area contributed by atoms with Crippen LogP contribution >= 0.6 is 0 Å². The molecule has 1 aliphatic rings. The predicted molar refractivity (Wildman–Crippen MR) is 75.7 cm³/mol. The molecule has 3 N–H and O–H groups in total. The first-order valence-corrected chi connectivity index (χ1v) is 6.51. The zero-order chi connectivity index (χ0) is 15.4. The minimum absolute atomic E-state index is 0.000320. The molecule has 0 aromatic heterocycles. The van der Waals surface area contributed by atoms with Gasteiger partial charge in [-0.15, -0.1) is 0 Å². The molecular formula is C14H17N3O4. The number of ether oxygens (including phenoxy) is 1. The maximum absolute atomic E-state index is 12.0. The lowest BCUT2D eigenvalue weighted by Gasteiger charge is -2.12. The predicted octanol–water partition coefficient (Wildman–Crippen LogP) is 0.156. The topological polar surface area (TPSA) is 96.5 Å². The summed E-state index contributed by atoms with van der Waals surface area (Å²) < 4.78 is 4.70. The van der Waals surface area contributed by atoms with E-state index in [0.29, 0.717) is 12.4 Å². The van der Waals surface area contributed by atoms with Crippen molar-refractivity contribution in [2.24, 2.45) is 0 Å². The van der Waals surface area contributed by atoms with Gasteiger partial charge in [0.15, 0.2) is 0 Å². The molecule has 0 bridgehead atoms. The number of amides is 2. The van der Waals surface area contributed by atoms with Crippen LogP contribution in [-0.2, 0) is 14.3 Å². The van der Waals surface area contributed by atoms with Crippen LogP contribution in [0.3, 0.4) is 0 Å². The maximum atomic E-state index is 12.0. The Labute approximate surface area is 122 Å². The molecule has 21 heavy (non-hydrogen) atoms. The number of carbonyl (C=O) groups is 3. The Kier molecular flexibility index (Phi) is 4.54. The van der Waals surface area contributed by atoms with Crippen LogP contribution < -0.4 is 16.0 Å². The van der Waals surface area contributed by atoms with Gasteiger partial charge in [0.05, 0.1) is 37.5 Å². The highest BCUT2D eigenvalue weighted by Gasteiger charge is 2.26. The van der Waals surface area contributed by atoms with Gasteiger partial charge >= 0.3 is 5.97 Å². The monoisotopic (exact) mass is 291 g/mol. The zero-order valence-electron chi connectivity index (χ0n) is 11.9. The molecule has 112 valence electrons. The Morgan fingerprint density at radius 2 is 2.19 bits per heavy atom. The molecule has 1 aliphatic heterocycles. The SMILES string of the molecule is COC(=O)c1cc(C)ccc1NC(=O)CC1NCNC1=O. The molecule has 0 radical (unpaired) electrons. The second-order valence-electron chi connectivity index (χ2n) is 4.77. The fourth-order valence-corrected chi connectivity index (χ4v) is 2.07. The highest BCUT2D eigenvalue weighted by atomic mass is 16.5. The molecule has 1 atom stereocenters. The van der Waals surface area contributed by atoms with Gasteiger partial charge in [0, 0.05) is 0 Å². The molecule has 2 amide bonds. The second kappa shape index (κ2) is 6.36. The van der Waals surface area contributed by atoms with Crippen LogP contribution in [-0.4, -0.2) is 37.6 Å². The fraction of sp³-hybridized carbons (Fsp3) is 0.357. The third-order valence-corrected chi connectivity index (χ3v) is 3.17. The molecule has 1 saturated heterocycles. The van der Waals surface area contributed by atoms with Crippen LogP contribution in [0.4, 0.5) is 5.69 Å². The normalized spacial score (nSPS) is 17.2. The summed E-state index contributed by atoms with van der Waals surface area (Å²) in [6, 6.07) is 4.52. The summed E-state index contributed by atoms with van der Waals surface area (Å²) in [7, 11) is 1.28. The molecule has 1 fully saturated rings. The van der Waals surface area contributed by atoms with E-state index in [4.69, 9.17) is 4.74 Å². The van der Waals surface area contributed by atoms with Crippen molar-refractivity contribution in [3.05, 3.63) is 29.3 Å². The summed E-state index contributed by atoms with van der Waals surface area (Å²) in [5.41, 5.74) is 1.54. The van der Waals surface area contributed by atoms with Gasteiger partial charge in [0.25, 0.3) is 0 Å². The maximum Gasteiger partial charge on any atom is 0.339 e. The highest BCUT2D eigenvalue weighted by Crippen LogP contribution is 2.19. The molecule has 2 rings (SSSR count). The molecule has 0 spiro atoms. The smallest absolute Gasteiger partial charge is 0.339 e. The molecule has 1 aromatic rings. The fourth-order valence-electron chi connectivity index (χ4n) is 2.07. The summed E-state index contributed by atoms with van der Waals surface area (Å²) in [5.74, 6) is -1.08. The van der Waals surface area contributed by atoms with Crippen molar-refractivity contribution in [2.75, 3.05) is 19.1 Å². The molecule has 0 aliphatic carbocycles.